The van der Waals surface area contributed by atoms with Crippen molar-refractivity contribution in [3.05, 3.63) is 0 Å². The highest BCUT2D eigenvalue weighted by Gasteiger charge is 2.34. The zero-order valence-electron chi connectivity index (χ0n) is 10.1. The molecule has 2 radical (unpaired) electrons. The Labute approximate surface area is 93.9 Å². The molecule has 86 valence electrons. The van der Waals surface area contributed by atoms with Crippen molar-refractivity contribution in [1.29, 1.82) is 0 Å². The number of hydrogen-bond donors (Lipinski definition) is 0. The lowest BCUT2D eigenvalue weighted by molar-refractivity contribution is -0.0807. The largest absolute Gasteiger partial charge is 0.380 e. The predicted octanol–water partition coefficient (Wildman–Crippen LogP) is 1.49. The molecule has 0 aromatic carbocycles. The first kappa shape index (κ1) is 13.0. The summed E-state index contributed by atoms with van der Waals surface area (Å²) in [5.41, 5.74) is 0. The summed E-state index contributed by atoms with van der Waals surface area (Å²) in [7, 11) is 5.74. The van der Waals surface area contributed by atoms with Gasteiger partial charge in [0.05, 0.1) is 24.9 Å². The van der Waals surface area contributed by atoms with Crippen molar-refractivity contribution >= 4 is 7.85 Å². The Morgan fingerprint density at radius 2 is 1.93 bits per heavy atom. The van der Waals surface area contributed by atoms with Crippen LogP contribution in [0, 0.1) is 0 Å². The van der Waals surface area contributed by atoms with Crippen LogP contribution < -0.4 is 0 Å². The molecule has 1 fully saturated rings. The van der Waals surface area contributed by atoms with E-state index in [0.29, 0.717) is 6.61 Å². The molecule has 1 saturated heterocycles. The Morgan fingerprint density at radius 3 is 2.47 bits per heavy atom. The van der Waals surface area contributed by atoms with Crippen molar-refractivity contribution in [3.8, 4) is 0 Å². The van der Waals surface area contributed by atoms with Gasteiger partial charge in [0.1, 0.15) is 14.0 Å². The Hall–Kier alpha value is -0.0551. The van der Waals surface area contributed by atoms with E-state index in [1.54, 1.807) is 0 Å². The van der Waals surface area contributed by atoms with Gasteiger partial charge < -0.3 is 14.2 Å². The number of rotatable bonds is 5. The molecular weight excluding hydrogens is 191 g/mol. The van der Waals surface area contributed by atoms with Gasteiger partial charge in [-0.15, -0.1) is 0 Å². The van der Waals surface area contributed by atoms with Gasteiger partial charge in [-0.1, -0.05) is 0 Å². The fraction of sp³-hybridized carbons (Fsp3) is 1.00. The van der Waals surface area contributed by atoms with E-state index in [-0.39, 0.29) is 30.4 Å². The minimum atomic E-state index is -0.213. The van der Waals surface area contributed by atoms with Crippen LogP contribution in [0.3, 0.4) is 0 Å². The van der Waals surface area contributed by atoms with Gasteiger partial charge in [0.25, 0.3) is 0 Å². The molecule has 3 nitrogen and oxygen atoms in total. The molecule has 3 atom stereocenters. The van der Waals surface area contributed by atoms with Crippen molar-refractivity contribution in [2.24, 2.45) is 0 Å². The third-order valence-corrected chi connectivity index (χ3v) is 2.27. The Balaban J connectivity index is 2.38. The average Bonchev–Trinajstić information content (AvgIpc) is 2.41. The second-order valence-corrected chi connectivity index (χ2v) is 4.55. The van der Waals surface area contributed by atoms with Gasteiger partial charge in [0.15, 0.2) is 0 Å². The minimum Gasteiger partial charge on any atom is -0.380 e. The Kier molecular flexibility index (Phi) is 5.10. The smallest absolute Gasteiger partial charge is 0.109 e. The first-order chi connectivity index (χ1) is 6.99. The van der Waals surface area contributed by atoms with Crippen LogP contribution in [-0.2, 0) is 14.2 Å². The summed E-state index contributed by atoms with van der Waals surface area (Å²) in [6, 6.07) is -0.213. The molecule has 4 heteroatoms. The lowest BCUT2D eigenvalue weighted by atomic mass is 9.96. The quantitative estimate of drug-likeness (QED) is 0.646. The van der Waals surface area contributed by atoms with Crippen molar-refractivity contribution in [1.82, 2.24) is 0 Å². The van der Waals surface area contributed by atoms with E-state index in [1.165, 1.54) is 0 Å². The van der Waals surface area contributed by atoms with Crippen LogP contribution in [0.15, 0.2) is 0 Å². The SMILES string of the molecule is [B]C1CC(OC(C)C)C(COC(C)C)O1. The predicted molar refractivity (Wildman–Crippen MR) is 60.1 cm³/mol. The molecule has 1 aliphatic heterocycles. The monoisotopic (exact) mass is 212 g/mol. The Bertz CT molecular complexity index is 185. The maximum absolute atomic E-state index is 5.74. The second kappa shape index (κ2) is 5.87. The van der Waals surface area contributed by atoms with Crippen LogP contribution in [0.4, 0.5) is 0 Å². The fourth-order valence-corrected chi connectivity index (χ4v) is 1.68. The maximum atomic E-state index is 5.74. The van der Waals surface area contributed by atoms with E-state index in [0.717, 1.165) is 6.42 Å². The van der Waals surface area contributed by atoms with E-state index < -0.39 is 0 Å². The molecule has 3 unspecified atom stereocenters. The standard InChI is InChI=1S/C11H21BO3/c1-7(2)13-6-10-9(14-8(3)4)5-11(12)15-10/h7-11H,5-6H2,1-4H3. The van der Waals surface area contributed by atoms with Gasteiger partial charge in [-0.3, -0.25) is 0 Å². The highest BCUT2D eigenvalue weighted by molar-refractivity contribution is 6.11. The third-order valence-electron chi connectivity index (χ3n) is 2.27. The molecule has 0 N–H and O–H groups in total. The molecule has 0 aromatic heterocycles. The summed E-state index contributed by atoms with van der Waals surface area (Å²) in [5.74, 6) is 0. The van der Waals surface area contributed by atoms with E-state index >= 15 is 0 Å². The van der Waals surface area contributed by atoms with Crippen molar-refractivity contribution in [2.45, 2.75) is 64.5 Å². The molecule has 15 heavy (non-hydrogen) atoms. The van der Waals surface area contributed by atoms with Crippen LogP contribution in [0.5, 0.6) is 0 Å². The van der Waals surface area contributed by atoms with Crippen molar-refractivity contribution in [2.75, 3.05) is 6.61 Å². The molecule has 0 spiro atoms. The molecule has 0 aromatic rings. The summed E-state index contributed by atoms with van der Waals surface area (Å²) in [6.07, 6.45) is 1.21. The highest BCUT2D eigenvalue weighted by Crippen LogP contribution is 2.23. The molecular formula is C11H21BO3. The fourth-order valence-electron chi connectivity index (χ4n) is 1.68. The van der Waals surface area contributed by atoms with Gasteiger partial charge >= 0.3 is 0 Å². The third kappa shape index (κ3) is 4.54. The summed E-state index contributed by atoms with van der Waals surface area (Å²) < 4.78 is 16.8. The highest BCUT2D eigenvalue weighted by atomic mass is 16.6. The molecule has 1 rings (SSSR count). The van der Waals surface area contributed by atoms with Crippen LogP contribution in [0.2, 0.25) is 0 Å². The van der Waals surface area contributed by atoms with Crippen LogP contribution >= 0.6 is 0 Å². The summed E-state index contributed by atoms with van der Waals surface area (Å²) in [5, 5.41) is 0. The lowest BCUT2D eigenvalue weighted by Gasteiger charge is -2.22. The van der Waals surface area contributed by atoms with Crippen LogP contribution in [0.25, 0.3) is 0 Å². The van der Waals surface area contributed by atoms with Crippen LogP contribution in [-0.4, -0.2) is 44.9 Å². The molecule has 0 bridgehead atoms. The molecule has 1 heterocycles. The van der Waals surface area contributed by atoms with Crippen LogP contribution in [0.1, 0.15) is 34.1 Å². The molecule has 0 aliphatic carbocycles. The van der Waals surface area contributed by atoms with Gasteiger partial charge in [0, 0.05) is 6.00 Å². The van der Waals surface area contributed by atoms with Gasteiger partial charge in [-0.25, -0.2) is 0 Å². The topological polar surface area (TPSA) is 27.7 Å². The van der Waals surface area contributed by atoms with E-state index in [4.69, 9.17) is 22.1 Å². The van der Waals surface area contributed by atoms with Crippen molar-refractivity contribution < 1.29 is 14.2 Å². The molecule has 0 amide bonds. The van der Waals surface area contributed by atoms with E-state index in [1.807, 2.05) is 27.7 Å². The van der Waals surface area contributed by atoms with Gasteiger partial charge in [-0.2, -0.15) is 0 Å². The number of hydrogen-bond acceptors (Lipinski definition) is 3. The number of ether oxygens (including phenoxy) is 3. The summed E-state index contributed by atoms with van der Waals surface area (Å²) in [6.45, 7) is 8.61. The molecule has 0 saturated carbocycles. The van der Waals surface area contributed by atoms with E-state index in [2.05, 4.69) is 0 Å². The zero-order chi connectivity index (χ0) is 11.4. The minimum absolute atomic E-state index is 0.0233. The average molecular weight is 212 g/mol. The first-order valence-corrected chi connectivity index (χ1v) is 5.67. The first-order valence-electron chi connectivity index (χ1n) is 5.67. The van der Waals surface area contributed by atoms with Crippen molar-refractivity contribution in [3.63, 3.8) is 0 Å². The zero-order valence-corrected chi connectivity index (χ0v) is 10.1. The summed E-state index contributed by atoms with van der Waals surface area (Å²) in [4.78, 5) is 0. The normalized spacial score (nSPS) is 31.7. The van der Waals surface area contributed by atoms with Gasteiger partial charge in [0.2, 0.25) is 0 Å². The maximum Gasteiger partial charge on any atom is 0.109 e. The Morgan fingerprint density at radius 1 is 1.27 bits per heavy atom. The second-order valence-electron chi connectivity index (χ2n) is 4.55. The summed E-state index contributed by atoms with van der Waals surface area (Å²) >= 11 is 0. The molecule has 1 aliphatic rings. The van der Waals surface area contributed by atoms with Gasteiger partial charge in [-0.05, 0) is 34.1 Å². The van der Waals surface area contributed by atoms with E-state index in [9.17, 15) is 0 Å². The lowest BCUT2D eigenvalue weighted by Crippen LogP contribution is -2.32.